The molecular weight excluding hydrogens is 349 g/mol. The van der Waals surface area contributed by atoms with Crippen LogP contribution in [-0.2, 0) is 11.0 Å². The zero-order chi connectivity index (χ0) is 17.6. The zero-order valence-corrected chi connectivity index (χ0v) is 13.6. The summed E-state index contributed by atoms with van der Waals surface area (Å²) >= 11 is 5.90. The number of nitrogens with zero attached hydrogens (tertiary/aromatic N) is 3. The van der Waals surface area contributed by atoms with E-state index in [9.17, 15) is 18.0 Å². The molecule has 6 nitrogen and oxygen atoms in total. The molecule has 10 heteroatoms. The fourth-order valence-corrected chi connectivity index (χ4v) is 2.78. The molecule has 1 saturated carbocycles. The number of aromatic nitrogens is 3. The summed E-state index contributed by atoms with van der Waals surface area (Å²) in [7, 11) is 0. The first-order valence-electron chi connectivity index (χ1n) is 7.27. The number of nitrogens with one attached hydrogen (secondary N) is 1. The first-order valence-corrected chi connectivity index (χ1v) is 7.65. The molecule has 1 N–H and O–H groups in total. The number of carbonyl (C=O) groups excluding carboxylic acids is 1. The van der Waals surface area contributed by atoms with Crippen LogP contribution in [0.3, 0.4) is 0 Å². The van der Waals surface area contributed by atoms with E-state index >= 15 is 0 Å². The minimum absolute atomic E-state index is 0.106. The van der Waals surface area contributed by atoms with E-state index in [4.69, 9.17) is 16.1 Å². The van der Waals surface area contributed by atoms with E-state index in [2.05, 4.69) is 15.6 Å². The molecule has 2 aromatic heterocycles. The molecule has 0 bridgehead atoms. The molecule has 1 aliphatic carbocycles. The number of hydrogen-bond donors (Lipinski definition) is 1. The molecule has 0 saturated heterocycles. The largest absolute Gasteiger partial charge is 0.436 e. The van der Waals surface area contributed by atoms with Crippen molar-refractivity contribution in [3.63, 3.8) is 0 Å². The van der Waals surface area contributed by atoms with Gasteiger partial charge in [0.2, 0.25) is 5.91 Å². The van der Waals surface area contributed by atoms with Crippen LogP contribution < -0.4 is 5.32 Å². The Balaban J connectivity index is 1.91. The Bertz CT molecular complexity index is 780. The van der Waals surface area contributed by atoms with Crippen molar-refractivity contribution in [2.24, 2.45) is 0 Å². The van der Waals surface area contributed by atoms with Gasteiger partial charge in [0.15, 0.2) is 11.5 Å². The van der Waals surface area contributed by atoms with Crippen molar-refractivity contribution in [1.82, 2.24) is 14.9 Å². The van der Waals surface area contributed by atoms with Crippen LogP contribution in [0.2, 0.25) is 5.02 Å². The fraction of sp³-hybridized carbons (Fsp3) is 0.500. The second kappa shape index (κ2) is 5.80. The van der Waals surface area contributed by atoms with E-state index in [0.717, 1.165) is 17.5 Å². The zero-order valence-electron chi connectivity index (χ0n) is 12.8. The third kappa shape index (κ3) is 3.12. The van der Waals surface area contributed by atoms with Crippen molar-refractivity contribution in [2.45, 2.75) is 44.8 Å². The van der Waals surface area contributed by atoms with Crippen molar-refractivity contribution in [3.05, 3.63) is 28.2 Å². The number of aryl methyl sites for hydroxylation is 1. The summed E-state index contributed by atoms with van der Waals surface area (Å²) in [5.74, 6) is 0.0217. The standard InChI is InChI=1S/C14H14ClF3N4O2/c1-6-5-9(21-24-6)19-13(23)7(2)22-11(8-3-4-8)10(15)12(20-22)14(16,17)18/h5,7-8H,3-4H2,1-2H3,(H,19,21,23)/t7-/m1/s1. The van der Waals surface area contributed by atoms with Crippen LogP contribution in [0.5, 0.6) is 0 Å². The van der Waals surface area contributed by atoms with Gasteiger partial charge in [-0.2, -0.15) is 18.3 Å². The molecule has 2 heterocycles. The third-order valence-corrected chi connectivity index (χ3v) is 4.12. The molecule has 0 unspecified atom stereocenters. The number of amides is 1. The second-order valence-electron chi connectivity index (χ2n) is 5.75. The smallest absolute Gasteiger partial charge is 0.360 e. The lowest BCUT2D eigenvalue weighted by molar-refractivity contribution is -0.141. The van der Waals surface area contributed by atoms with Crippen LogP contribution in [0, 0.1) is 6.92 Å². The maximum atomic E-state index is 13.1. The number of carbonyl (C=O) groups is 1. The summed E-state index contributed by atoms with van der Waals surface area (Å²) in [4.78, 5) is 12.3. The van der Waals surface area contributed by atoms with Gasteiger partial charge in [-0.1, -0.05) is 16.8 Å². The summed E-state index contributed by atoms with van der Waals surface area (Å²) in [5.41, 5.74) is -0.911. The van der Waals surface area contributed by atoms with Crippen molar-refractivity contribution in [3.8, 4) is 0 Å². The van der Waals surface area contributed by atoms with Crippen LogP contribution in [-0.4, -0.2) is 20.8 Å². The van der Waals surface area contributed by atoms with Crippen molar-refractivity contribution < 1.29 is 22.5 Å². The van der Waals surface area contributed by atoms with Crippen LogP contribution in [0.15, 0.2) is 10.6 Å². The second-order valence-corrected chi connectivity index (χ2v) is 6.13. The van der Waals surface area contributed by atoms with Gasteiger partial charge in [0, 0.05) is 12.0 Å². The lowest BCUT2D eigenvalue weighted by Gasteiger charge is -2.14. The van der Waals surface area contributed by atoms with Gasteiger partial charge >= 0.3 is 6.18 Å². The highest BCUT2D eigenvalue weighted by molar-refractivity contribution is 6.32. The molecule has 0 aliphatic heterocycles. The van der Waals surface area contributed by atoms with Crippen LogP contribution >= 0.6 is 11.6 Å². The maximum absolute atomic E-state index is 13.1. The van der Waals surface area contributed by atoms with E-state index < -0.39 is 28.8 Å². The fourth-order valence-electron chi connectivity index (χ4n) is 2.39. The van der Waals surface area contributed by atoms with E-state index in [1.807, 2.05) is 0 Å². The number of rotatable bonds is 4. The van der Waals surface area contributed by atoms with Crippen molar-refractivity contribution in [2.75, 3.05) is 5.32 Å². The molecule has 1 fully saturated rings. The van der Waals surface area contributed by atoms with E-state index in [-0.39, 0.29) is 17.4 Å². The van der Waals surface area contributed by atoms with Gasteiger partial charge < -0.3 is 9.84 Å². The van der Waals surface area contributed by atoms with Gasteiger partial charge in [-0.05, 0) is 26.7 Å². The highest BCUT2D eigenvalue weighted by atomic mass is 35.5. The highest BCUT2D eigenvalue weighted by Gasteiger charge is 2.43. The molecule has 2 aromatic rings. The summed E-state index contributed by atoms with van der Waals surface area (Å²) in [6, 6.07) is 0.523. The molecule has 0 aromatic carbocycles. The molecule has 1 aliphatic rings. The van der Waals surface area contributed by atoms with E-state index in [0.29, 0.717) is 5.76 Å². The topological polar surface area (TPSA) is 73.0 Å². The van der Waals surface area contributed by atoms with Crippen LogP contribution in [0.1, 0.15) is 48.9 Å². The molecule has 1 atom stereocenters. The summed E-state index contributed by atoms with van der Waals surface area (Å²) in [6.07, 6.45) is -3.23. The predicted octanol–water partition coefficient (Wildman–Crippen LogP) is 3.93. The number of halogens is 4. The van der Waals surface area contributed by atoms with Gasteiger partial charge in [0.05, 0.1) is 10.7 Å². The Morgan fingerprint density at radius 1 is 1.50 bits per heavy atom. The first kappa shape index (κ1) is 16.8. The van der Waals surface area contributed by atoms with E-state index in [1.54, 1.807) is 6.92 Å². The Morgan fingerprint density at radius 3 is 2.67 bits per heavy atom. The molecular formula is C14H14ClF3N4O2. The average molecular weight is 363 g/mol. The van der Waals surface area contributed by atoms with Gasteiger partial charge in [-0.25, -0.2) is 0 Å². The van der Waals surface area contributed by atoms with Gasteiger partial charge in [-0.3, -0.25) is 9.48 Å². The number of hydrogen-bond acceptors (Lipinski definition) is 4. The third-order valence-electron chi connectivity index (χ3n) is 3.75. The van der Waals surface area contributed by atoms with Crippen LogP contribution in [0.4, 0.5) is 19.0 Å². The van der Waals surface area contributed by atoms with Gasteiger partial charge in [0.25, 0.3) is 0 Å². The molecule has 0 radical (unpaired) electrons. The summed E-state index contributed by atoms with van der Waals surface area (Å²) in [5, 5.41) is 9.24. The highest BCUT2D eigenvalue weighted by Crippen LogP contribution is 2.47. The van der Waals surface area contributed by atoms with Crippen molar-refractivity contribution in [1.29, 1.82) is 0 Å². The van der Waals surface area contributed by atoms with Gasteiger partial charge in [-0.15, -0.1) is 0 Å². The minimum atomic E-state index is -4.68. The SMILES string of the molecule is Cc1cc(NC(=O)[C@@H](C)n2nc(C(F)(F)F)c(Cl)c2C2CC2)no1. The van der Waals surface area contributed by atoms with Gasteiger partial charge in [0.1, 0.15) is 11.8 Å². The molecule has 1 amide bonds. The molecule has 130 valence electrons. The molecule has 24 heavy (non-hydrogen) atoms. The Hall–Kier alpha value is -2.03. The Kier molecular flexibility index (Phi) is 4.06. The minimum Gasteiger partial charge on any atom is -0.360 e. The lowest BCUT2D eigenvalue weighted by Crippen LogP contribution is -2.26. The lowest BCUT2D eigenvalue weighted by atomic mass is 10.2. The quantitative estimate of drug-likeness (QED) is 0.894. The Labute approximate surface area is 139 Å². The molecule has 3 rings (SSSR count). The average Bonchev–Trinajstić information content (AvgIpc) is 3.14. The predicted molar refractivity (Wildman–Crippen MR) is 78.8 cm³/mol. The number of anilines is 1. The summed E-state index contributed by atoms with van der Waals surface area (Å²) < 4.78 is 45.1. The number of alkyl halides is 3. The Morgan fingerprint density at radius 2 is 2.17 bits per heavy atom. The van der Waals surface area contributed by atoms with E-state index in [1.165, 1.54) is 13.0 Å². The van der Waals surface area contributed by atoms with Crippen LogP contribution in [0.25, 0.3) is 0 Å². The normalized spacial score (nSPS) is 16.2. The first-order chi connectivity index (χ1) is 11.2. The molecule has 0 spiro atoms. The maximum Gasteiger partial charge on any atom is 0.436 e. The van der Waals surface area contributed by atoms with Crippen molar-refractivity contribution >= 4 is 23.3 Å². The monoisotopic (exact) mass is 362 g/mol. The summed E-state index contributed by atoms with van der Waals surface area (Å²) in [6.45, 7) is 3.11.